The van der Waals surface area contributed by atoms with Crippen LogP contribution in [0.3, 0.4) is 0 Å². The summed E-state index contributed by atoms with van der Waals surface area (Å²) in [5.74, 6) is -0.242. The first-order valence-corrected chi connectivity index (χ1v) is 13.1. The number of fused-ring (bicyclic) bond motifs is 1. The van der Waals surface area contributed by atoms with Crippen molar-refractivity contribution >= 4 is 54.9 Å². The van der Waals surface area contributed by atoms with Crippen molar-refractivity contribution < 1.29 is 32.2 Å². The zero-order chi connectivity index (χ0) is 29.2. The van der Waals surface area contributed by atoms with E-state index in [1.165, 1.54) is 39.5 Å². The van der Waals surface area contributed by atoms with E-state index in [9.17, 15) is 22.8 Å². The second kappa shape index (κ2) is 11.8. The molecule has 1 aromatic heterocycles. The Morgan fingerprint density at radius 3 is 2.48 bits per heavy atom. The van der Waals surface area contributed by atoms with Crippen molar-refractivity contribution in [3.05, 3.63) is 85.0 Å². The molecule has 0 radical (unpaired) electrons. The number of methoxy groups -OCH3 is 2. The number of esters is 1. The molecule has 3 aromatic carbocycles. The maximum atomic E-state index is 13.4. The minimum atomic E-state index is -4.59. The summed E-state index contributed by atoms with van der Waals surface area (Å²) in [4.78, 5) is 29.8. The molecule has 0 N–H and O–H groups in total. The van der Waals surface area contributed by atoms with Gasteiger partial charge in [-0.05, 0) is 69.1 Å². The predicted octanol–water partition coefficient (Wildman–Crippen LogP) is 6.44. The first-order chi connectivity index (χ1) is 19.0. The fraction of sp³-hybridized carbons (Fsp3) is 0.185. The number of hydrogen-bond donors (Lipinski definition) is 0. The van der Waals surface area contributed by atoms with Crippen molar-refractivity contribution in [1.29, 1.82) is 0 Å². The molecule has 1 heterocycles. The number of ether oxygens (including phenoxy) is 3. The Morgan fingerprint density at radius 2 is 1.80 bits per heavy atom. The summed E-state index contributed by atoms with van der Waals surface area (Å²) in [6, 6.07) is 12.5. The lowest BCUT2D eigenvalue weighted by atomic mass is 10.1. The van der Waals surface area contributed by atoms with E-state index in [1.807, 2.05) is 0 Å². The summed E-state index contributed by atoms with van der Waals surface area (Å²) in [5.41, 5.74) is -0.706. The number of carbonyl (C=O) groups is 1. The molecule has 0 aliphatic rings. The topological polar surface area (TPSA) is 92.0 Å². The third-order valence-corrected chi connectivity index (χ3v) is 7.86. The summed E-state index contributed by atoms with van der Waals surface area (Å²) in [6.45, 7) is 1.51. The molecule has 0 amide bonds. The summed E-state index contributed by atoms with van der Waals surface area (Å²) in [7, 11) is 2.64. The zero-order valence-corrected chi connectivity index (χ0v) is 24.3. The maximum Gasteiger partial charge on any atom is 0.416 e. The Labute approximate surface area is 242 Å². The van der Waals surface area contributed by atoms with Crippen LogP contribution < -0.4 is 15.0 Å². The van der Waals surface area contributed by atoms with Crippen LogP contribution in [0.5, 0.6) is 11.5 Å². The standard InChI is InChI=1S/C27H20Br2F3N3O5/c1-14(26(37)39-3)40-23-20(38-2)12-16(21(28)22(23)29)13-33-35-24(15-7-6-8-17(11-15)27(30,31)32)34-19-10-5-4-9-18(19)25(35)36/h4-14H,1-3H3/t14-/m0/s1. The number of nitrogens with zero attached hydrogens (tertiary/aromatic N) is 3. The van der Waals surface area contributed by atoms with Gasteiger partial charge in [-0.2, -0.15) is 22.9 Å². The monoisotopic (exact) mass is 681 g/mol. The quantitative estimate of drug-likeness (QED) is 0.165. The summed E-state index contributed by atoms with van der Waals surface area (Å²) < 4.78 is 57.9. The van der Waals surface area contributed by atoms with Crippen molar-refractivity contribution in [2.45, 2.75) is 19.2 Å². The predicted molar refractivity (Wildman–Crippen MR) is 150 cm³/mol. The first kappa shape index (κ1) is 29.3. The van der Waals surface area contributed by atoms with Crippen LogP contribution in [0.1, 0.15) is 18.1 Å². The Bertz CT molecular complexity index is 1690. The molecule has 13 heteroatoms. The number of para-hydroxylation sites is 1. The van der Waals surface area contributed by atoms with Crippen LogP contribution in [0.25, 0.3) is 22.3 Å². The van der Waals surface area contributed by atoms with Crippen LogP contribution in [0, 0.1) is 0 Å². The van der Waals surface area contributed by atoms with Crippen molar-refractivity contribution in [2.75, 3.05) is 14.2 Å². The lowest BCUT2D eigenvalue weighted by molar-refractivity contribution is -0.148. The van der Waals surface area contributed by atoms with E-state index in [2.05, 4.69) is 41.9 Å². The Morgan fingerprint density at radius 1 is 1.07 bits per heavy atom. The molecule has 4 aromatic rings. The molecule has 0 unspecified atom stereocenters. The number of hydrogen-bond acceptors (Lipinski definition) is 7. The second-order valence-electron chi connectivity index (χ2n) is 8.30. The first-order valence-electron chi connectivity index (χ1n) is 11.5. The zero-order valence-electron chi connectivity index (χ0n) is 21.1. The fourth-order valence-corrected chi connectivity index (χ4v) is 4.64. The van der Waals surface area contributed by atoms with Gasteiger partial charge in [0, 0.05) is 15.6 Å². The highest BCUT2D eigenvalue weighted by Gasteiger charge is 2.31. The van der Waals surface area contributed by atoms with E-state index in [-0.39, 0.29) is 28.3 Å². The van der Waals surface area contributed by atoms with Crippen LogP contribution in [-0.4, -0.2) is 42.2 Å². The molecule has 8 nitrogen and oxygen atoms in total. The Hall–Kier alpha value is -3.71. The van der Waals surface area contributed by atoms with E-state index in [1.54, 1.807) is 30.3 Å². The lowest BCUT2D eigenvalue weighted by Crippen LogP contribution is -2.25. The molecule has 1 atom stereocenters. The number of carbonyl (C=O) groups excluding carboxylic acids is 1. The van der Waals surface area contributed by atoms with E-state index in [0.717, 1.165) is 16.8 Å². The van der Waals surface area contributed by atoms with E-state index in [4.69, 9.17) is 14.2 Å². The summed E-state index contributed by atoms with van der Waals surface area (Å²) >= 11 is 6.87. The van der Waals surface area contributed by atoms with Gasteiger partial charge in [0.2, 0.25) is 0 Å². The maximum absolute atomic E-state index is 13.4. The number of alkyl halides is 3. The summed E-state index contributed by atoms with van der Waals surface area (Å²) in [6.07, 6.45) is -4.22. The average molecular weight is 683 g/mol. The molecule has 40 heavy (non-hydrogen) atoms. The van der Waals surface area contributed by atoms with Crippen LogP contribution in [0.2, 0.25) is 0 Å². The molecule has 0 spiro atoms. The van der Waals surface area contributed by atoms with Gasteiger partial charge < -0.3 is 14.2 Å². The van der Waals surface area contributed by atoms with Crippen LogP contribution in [0.15, 0.2) is 73.4 Å². The summed E-state index contributed by atoms with van der Waals surface area (Å²) in [5, 5.41) is 4.55. The largest absolute Gasteiger partial charge is 0.493 e. The van der Waals surface area contributed by atoms with Gasteiger partial charge in [-0.1, -0.05) is 24.3 Å². The molecule has 0 saturated carbocycles. The van der Waals surface area contributed by atoms with Gasteiger partial charge in [0.15, 0.2) is 23.4 Å². The Kier molecular flexibility index (Phi) is 8.64. The van der Waals surface area contributed by atoms with E-state index in [0.29, 0.717) is 20.0 Å². The van der Waals surface area contributed by atoms with Gasteiger partial charge in [-0.3, -0.25) is 4.79 Å². The Balaban J connectivity index is 1.87. The smallest absolute Gasteiger partial charge is 0.416 e. The molecule has 0 saturated heterocycles. The molecule has 0 fully saturated rings. The minimum Gasteiger partial charge on any atom is -0.493 e. The van der Waals surface area contributed by atoms with Crippen molar-refractivity contribution in [1.82, 2.24) is 9.66 Å². The highest BCUT2D eigenvalue weighted by atomic mass is 79.9. The highest BCUT2D eigenvalue weighted by molar-refractivity contribution is 9.13. The van der Waals surface area contributed by atoms with Gasteiger partial charge in [0.25, 0.3) is 5.56 Å². The van der Waals surface area contributed by atoms with E-state index < -0.39 is 29.4 Å². The van der Waals surface area contributed by atoms with Gasteiger partial charge in [-0.25, -0.2) is 9.78 Å². The van der Waals surface area contributed by atoms with Crippen LogP contribution in [0.4, 0.5) is 13.2 Å². The van der Waals surface area contributed by atoms with Gasteiger partial charge in [0.1, 0.15) is 0 Å². The fourth-order valence-electron chi connectivity index (χ4n) is 3.72. The van der Waals surface area contributed by atoms with E-state index >= 15 is 0 Å². The van der Waals surface area contributed by atoms with Gasteiger partial charge in [-0.15, -0.1) is 0 Å². The van der Waals surface area contributed by atoms with Crippen molar-refractivity contribution in [3.63, 3.8) is 0 Å². The third-order valence-electron chi connectivity index (χ3n) is 5.72. The number of aromatic nitrogens is 2. The van der Waals surface area contributed by atoms with Gasteiger partial charge in [0.05, 0.1) is 41.4 Å². The molecular formula is C27H20Br2F3N3O5. The average Bonchev–Trinajstić information content (AvgIpc) is 2.94. The molecule has 0 aliphatic heterocycles. The van der Waals surface area contributed by atoms with Crippen LogP contribution >= 0.6 is 31.9 Å². The molecule has 208 valence electrons. The number of rotatable bonds is 7. The van der Waals surface area contributed by atoms with Crippen LogP contribution in [-0.2, 0) is 15.7 Å². The van der Waals surface area contributed by atoms with Crippen molar-refractivity contribution in [2.24, 2.45) is 5.10 Å². The number of halogens is 5. The molecule has 0 aliphatic carbocycles. The third kappa shape index (κ3) is 5.89. The number of benzene rings is 3. The lowest BCUT2D eigenvalue weighted by Gasteiger charge is -2.18. The molecule has 4 rings (SSSR count). The van der Waals surface area contributed by atoms with Gasteiger partial charge >= 0.3 is 12.1 Å². The second-order valence-corrected chi connectivity index (χ2v) is 9.89. The molecular weight excluding hydrogens is 663 g/mol. The highest BCUT2D eigenvalue weighted by Crippen LogP contribution is 2.43. The minimum absolute atomic E-state index is 0.0493. The SMILES string of the molecule is COC(=O)[C@H](C)Oc1c(OC)cc(C=Nn2c(-c3cccc(C(F)(F)F)c3)nc3ccccc3c2=O)c(Br)c1Br. The normalized spacial score (nSPS) is 12.5. The molecule has 0 bridgehead atoms. The van der Waals surface area contributed by atoms with Crippen molar-refractivity contribution in [3.8, 4) is 22.9 Å².